The lowest BCUT2D eigenvalue weighted by Crippen LogP contribution is -2.29. The van der Waals surface area contributed by atoms with Gasteiger partial charge >= 0.3 is 0 Å². The molecular formula is C15H33NO4. The van der Waals surface area contributed by atoms with Crippen LogP contribution >= 0.6 is 0 Å². The zero-order valence-electron chi connectivity index (χ0n) is 13.3. The lowest BCUT2D eigenvalue weighted by molar-refractivity contribution is -0.0140. The van der Waals surface area contributed by atoms with Gasteiger partial charge in [-0.1, -0.05) is 0 Å². The highest BCUT2D eigenvalue weighted by molar-refractivity contribution is 4.57. The molecule has 1 atom stereocenters. The molecule has 122 valence electrons. The largest absolute Gasteiger partial charge is 0.385 e. The zero-order valence-corrected chi connectivity index (χ0v) is 13.3. The molecule has 0 rings (SSSR count). The minimum atomic E-state index is 0.0244. The summed E-state index contributed by atoms with van der Waals surface area (Å²) in [6, 6.07) is 0. The van der Waals surface area contributed by atoms with Crippen LogP contribution in [0.25, 0.3) is 0 Å². The van der Waals surface area contributed by atoms with Gasteiger partial charge in [-0.3, -0.25) is 0 Å². The third-order valence-corrected chi connectivity index (χ3v) is 3.05. The molecule has 0 aliphatic heterocycles. The molecule has 5 heteroatoms. The second-order valence-electron chi connectivity index (χ2n) is 4.91. The van der Waals surface area contributed by atoms with Crippen LogP contribution in [0.1, 0.15) is 38.5 Å². The number of unbranched alkanes of at least 4 members (excludes halogenated alkanes) is 4. The molecule has 0 fully saturated rings. The van der Waals surface area contributed by atoms with Crippen LogP contribution in [-0.2, 0) is 18.9 Å². The van der Waals surface area contributed by atoms with Gasteiger partial charge in [-0.25, -0.2) is 0 Å². The molecule has 0 amide bonds. The van der Waals surface area contributed by atoms with Crippen molar-refractivity contribution in [3.05, 3.63) is 0 Å². The van der Waals surface area contributed by atoms with Crippen molar-refractivity contribution in [2.45, 2.75) is 44.6 Å². The van der Waals surface area contributed by atoms with E-state index in [1.54, 1.807) is 14.2 Å². The summed E-state index contributed by atoms with van der Waals surface area (Å²) in [6.07, 6.45) is 6.60. The Bertz CT molecular complexity index is 181. The predicted octanol–water partition coefficient (Wildman–Crippen LogP) is 1.98. The molecule has 0 aromatic heterocycles. The lowest BCUT2D eigenvalue weighted by atomic mass is 10.2. The number of methoxy groups -OCH3 is 2. The number of hydrogen-bond donors (Lipinski definition) is 1. The van der Waals surface area contributed by atoms with Crippen LogP contribution in [0.2, 0.25) is 0 Å². The Morgan fingerprint density at radius 3 is 1.85 bits per heavy atom. The second-order valence-corrected chi connectivity index (χ2v) is 4.91. The third-order valence-electron chi connectivity index (χ3n) is 3.05. The van der Waals surface area contributed by atoms with Gasteiger partial charge in [0.15, 0.2) is 0 Å². The summed E-state index contributed by atoms with van der Waals surface area (Å²) in [5.41, 5.74) is 5.67. The van der Waals surface area contributed by atoms with Crippen LogP contribution in [0.3, 0.4) is 0 Å². The van der Waals surface area contributed by atoms with Gasteiger partial charge in [0.25, 0.3) is 0 Å². The molecule has 2 N–H and O–H groups in total. The fourth-order valence-corrected chi connectivity index (χ4v) is 1.80. The topological polar surface area (TPSA) is 62.9 Å². The average Bonchev–Trinajstić information content (AvgIpc) is 2.47. The Balaban J connectivity index is 3.29. The minimum Gasteiger partial charge on any atom is -0.385 e. The first-order chi connectivity index (χ1) is 9.85. The summed E-state index contributed by atoms with van der Waals surface area (Å²) in [5.74, 6) is 0. The van der Waals surface area contributed by atoms with Crippen LogP contribution < -0.4 is 5.73 Å². The number of rotatable bonds is 16. The molecule has 0 heterocycles. The van der Waals surface area contributed by atoms with E-state index in [0.29, 0.717) is 13.2 Å². The monoisotopic (exact) mass is 291 g/mol. The number of nitrogens with two attached hydrogens (primary N) is 1. The Hall–Kier alpha value is -0.200. The smallest absolute Gasteiger partial charge is 0.0930 e. The van der Waals surface area contributed by atoms with Crippen molar-refractivity contribution in [3.8, 4) is 0 Å². The predicted molar refractivity (Wildman–Crippen MR) is 81.1 cm³/mol. The Morgan fingerprint density at radius 2 is 1.30 bits per heavy atom. The Kier molecular flexibility index (Phi) is 16.7. The van der Waals surface area contributed by atoms with E-state index in [4.69, 9.17) is 24.7 Å². The molecule has 0 aromatic rings. The van der Waals surface area contributed by atoms with Gasteiger partial charge in [-0.05, 0) is 38.5 Å². The van der Waals surface area contributed by atoms with Crippen molar-refractivity contribution < 1.29 is 18.9 Å². The summed E-state index contributed by atoms with van der Waals surface area (Å²) in [7, 11) is 3.46. The van der Waals surface area contributed by atoms with E-state index in [1.165, 1.54) is 0 Å². The number of ether oxygens (including phenoxy) is 4. The third kappa shape index (κ3) is 14.2. The summed E-state index contributed by atoms with van der Waals surface area (Å²) >= 11 is 0. The Morgan fingerprint density at radius 1 is 0.750 bits per heavy atom. The first kappa shape index (κ1) is 19.8. The molecule has 5 nitrogen and oxygen atoms in total. The van der Waals surface area contributed by atoms with Crippen molar-refractivity contribution >= 4 is 0 Å². The molecule has 0 aliphatic rings. The maximum Gasteiger partial charge on any atom is 0.0930 e. The SMILES string of the molecule is COCCCCCOCC(CN)OCCCCCOC. The first-order valence-corrected chi connectivity index (χ1v) is 7.72. The zero-order chi connectivity index (χ0) is 14.9. The van der Waals surface area contributed by atoms with Crippen LogP contribution in [0.4, 0.5) is 0 Å². The van der Waals surface area contributed by atoms with E-state index in [-0.39, 0.29) is 6.10 Å². The van der Waals surface area contributed by atoms with Gasteiger partial charge in [-0.2, -0.15) is 0 Å². The number of hydrogen-bond acceptors (Lipinski definition) is 5. The van der Waals surface area contributed by atoms with Gasteiger partial charge < -0.3 is 24.7 Å². The van der Waals surface area contributed by atoms with Crippen molar-refractivity contribution in [1.82, 2.24) is 0 Å². The normalized spacial score (nSPS) is 12.8. The van der Waals surface area contributed by atoms with Crippen LogP contribution in [0.15, 0.2) is 0 Å². The highest BCUT2D eigenvalue weighted by Gasteiger charge is 2.06. The molecule has 0 aromatic carbocycles. The minimum absolute atomic E-state index is 0.0244. The van der Waals surface area contributed by atoms with Crippen molar-refractivity contribution in [1.29, 1.82) is 0 Å². The summed E-state index contributed by atoms with van der Waals surface area (Å²) in [5, 5.41) is 0. The van der Waals surface area contributed by atoms with Gasteiger partial charge in [0.05, 0.1) is 12.7 Å². The summed E-state index contributed by atoms with van der Waals surface area (Å²) < 4.78 is 21.3. The average molecular weight is 291 g/mol. The van der Waals surface area contributed by atoms with Crippen LogP contribution in [0, 0.1) is 0 Å². The van der Waals surface area contributed by atoms with Gasteiger partial charge in [-0.15, -0.1) is 0 Å². The quantitative estimate of drug-likeness (QED) is 0.441. The fraction of sp³-hybridized carbons (Fsp3) is 1.00. The molecule has 0 radical (unpaired) electrons. The Labute approximate surface area is 124 Å². The van der Waals surface area contributed by atoms with E-state index in [9.17, 15) is 0 Å². The molecule has 0 bridgehead atoms. The highest BCUT2D eigenvalue weighted by atomic mass is 16.5. The fourth-order valence-electron chi connectivity index (χ4n) is 1.80. The van der Waals surface area contributed by atoms with E-state index < -0.39 is 0 Å². The molecule has 0 saturated carbocycles. The van der Waals surface area contributed by atoms with E-state index in [1.807, 2.05) is 0 Å². The van der Waals surface area contributed by atoms with Crippen LogP contribution in [-0.4, -0.2) is 59.9 Å². The van der Waals surface area contributed by atoms with Gasteiger partial charge in [0.1, 0.15) is 0 Å². The van der Waals surface area contributed by atoms with E-state index in [0.717, 1.165) is 65.0 Å². The van der Waals surface area contributed by atoms with Gasteiger partial charge in [0, 0.05) is 47.2 Å². The van der Waals surface area contributed by atoms with E-state index in [2.05, 4.69) is 0 Å². The molecule has 20 heavy (non-hydrogen) atoms. The standard InChI is InChI=1S/C15H33NO4/c1-17-9-5-3-7-11-19-14-15(13-16)20-12-8-4-6-10-18-2/h15H,3-14,16H2,1-2H3. The maximum atomic E-state index is 5.71. The van der Waals surface area contributed by atoms with Crippen LogP contribution in [0.5, 0.6) is 0 Å². The molecule has 0 spiro atoms. The van der Waals surface area contributed by atoms with Crippen molar-refractivity contribution in [2.24, 2.45) is 5.73 Å². The first-order valence-electron chi connectivity index (χ1n) is 7.72. The summed E-state index contributed by atoms with van der Waals surface area (Å²) in [4.78, 5) is 0. The van der Waals surface area contributed by atoms with Gasteiger partial charge in [0.2, 0.25) is 0 Å². The summed E-state index contributed by atoms with van der Waals surface area (Å²) in [6.45, 7) is 4.30. The van der Waals surface area contributed by atoms with Crippen molar-refractivity contribution in [2.75, 3.05) is 53.8 Å². The lowest BCUT2D eigenvalue weighted by Gasteiger charge is -2.16. The van der Waals surface area contributed by atoms with E-state index >= 15 is 0 Å². The van der Waals surface area contributed by atoms with Crippen molar-refractivity contribution in [3.63, 3.8) is 0 Å². The molecular weight excluding hydrogens is 258 g/mol. The maximum absolute atomic E-state index is 5.71. The molecule has 1 unspecified atom stereocenters. The molecule has 0 aliphatic carbocycles. The highest BCUT2D eigenvalue weighted by Crippen LogP contribution is 2.01. The molecule has 0 saturated heterocycles. The second kappa shape index (κ2) is 16.9.